The van der Waals surface area contributed by atoms with Crippen LogP contribution >= 0.6 is 11.6 Å². The van der Waals surface area contributed by atoms with Gasteiger partial charge >= 0.3 is 5.97 Å². The third-order valence-electron chi connectivity index (χ3n) is 8.92. The zero-order valence-corrected chi connectivity index (χ0v) is 27.9. The first-order valence-corrected chi connectivity index (χ1v) is 16.0. The summed E-state index contributed by atoms with van der Waals surface area (Å²) < 4.78 is 10.6. The summed E-state index contributed by atoms with van der Waals surface area (Å²) >= 11 is 6.46. The molecule has 1 saturated carbocycles. The molecule has 0 unspecified atom stereocenters. The van der Waals surface area contributed by atoms with Gasteiger partial charge in [-0.3, -0.25) is 9.79 Å². The average molecular weight is 610 g/mol. The van der Waals surface area contributed by atoms with E-state index in [1.54, 1.807) is 12.3 Å². The largest absolute Gasteiger partial charge is 0.480 e. The van der Waals surface area contributed by atoms with Crippen LogP contribution in [0.3, 0.4) is 0 Å². The van der Waals surface area contributed by atoms with Crippen molar-refractivity contribution in [2.45, 2.75) is 105 Å². The van der Waals surface area contributed by atoms with Crippen molar-refractivity contribution in [3.8, 4) is 5.88 Å². The molecule has 1 aliphatic carbocycles. The smallest absolute Gasteiger partial charge is 0.338 e. The summed E-state index contributed by atoms with van der Waals surface area (Å²) in [6.07, 6.45) is 7.62. The predicted octanol–water partition coefficient (Wildman–Crippen LogP) is 8.44. The zero-order valence-electron chi connectivity index (χ0n) is 27.1. The van der Waals surface area contributed by atoms with E-state index in [1.165, 1.54) is 7.11 Å². The molecule has 0 saturated heterocycles. The SMILES string of the molecule is CCCOC(=O)c1ccc([C@@H](CCC(C)(C)C)N2C(=O)C(c3cnc(OC)c(Cl)c3)=NC23CCC(C(C)(C)C)CC3)cc1. The summed E-state index contributed by atoms with van der Waals surface area (Å²) in [6.45, 7) is 15.9. The number of ether oxygens (including phenoxy) is 2. The molecular formula is C35H48ClN3O4. The van der Waals surface area contributed by atoms with Gasteiger partial charge in [-0.05, 0) is 85.5 Å². The standard InChI is InChI=1S/C35H48ClN3O4/c1-9-20-43-32(41)24-12-10-23(11-13-24)28(16-17-33(2,3)4)39-31(40)29(25-21-27(36)30(42-8)37-22-25)38-35(39)18-14-26(15-19-35)34(5,6)7/h10-13,21-22,26,28H,9,14-20H2,1-8H3/t26?,28-,35?/m1/s1. The third-order valence-corrected chi connectivity index (χ3v) is 9.19. The van der Waals surface area contributed by atoms with Gasteiger partial charge in [0.2, 0.25) is 5.88 Å². The average Bonchev–Trinajstić information content (AvgIpc) is 3.22. The van der Waals surface area contributed by atoms with Gasteiger partial charge in [-0.1, -0.05) is 72.2 Å². The highest BCUT2D eigenvalue weighted by Gasteiger charge is 2.52. The van der Waals surface area contributed by atoms with E-state index in [-0.39, 0.29) is 28.7 Å². The maximum absolute atomic E-state index is 14.6. The molecule has 1 aromatic carbocycles. The molecule has 0 bridgehead atoms. The molecule has 0 N–H and O–H groups in total. The Balaban J connectivity index is 1.78. The van der Waals surface area contributed by atoms with Gasteiger partial charge in [-0.25, -0.2) is 9.78 Å². The Morgan fingerprint density at radius 3 is 2.30 bits per heavy atom. The van der Waals surface area contributed by atoms with Crippen LogP contribution in [0.5, 0.6) is 5.88 Å². The molecule has 2 aliphatic rings. The van der Waals surface area contributed by atoms with Gasteiger partial charge in [0.1, 0.15) is 16.4 Å². The highest BCUT2D eigenvalue weighted by atomic mass is 35.5. The summed E-state index contributed by atoms with van der Waals surface area (Å²) in [5, 5.41) is 0.342. The second-order valence-corrected chi connectivity index (χ2v) is 14.8. The van der Waals surface area contributed by atoms with Crippen molar-refractivity contribution in [3.63, 3.8) is 0 Å². The van der Waals surface area contributed by atoms with Crippen molar-refractivity contribution >= 4 is 29.2 Å². The van der Waals surface area contributed by atoms with E-state index in [9.17, 15) is 9.59 Å². The molecule has 2 heterocycles. The minimum Gasteiger partial charge on any atom is -0.480 e. The summed E-state index contributed by atoms with van der Waals surface area (Å²) in [6, 6.07) is 9.08. The summed E-state index contributed by atoms with van der Waals surface area (Å²) in [7, 11) is 1.52. The van der Waals surface area contributed by atoms with Crippen LogP contribution in [0.2, 0.25) is 5.02 Å². The lowest BCUT2D eigenvalue weighted by atomic mass is 9.69. The topological polar surface area (TPSA) is 81.1 Å². The first kappa shape index (κ1) is 33.0. The number of carbonyl (C=O) groups excluding carboxylic acids is 2. The normalized spacial score (nSPS) is 21.6. The number of pyridine rings is 1. The molecule has 2 aromatic rings. The molecule has 0 radical (unpaired) electrons. The second-order valence-electron chi connectivity index (χ2n) is 14.3. The van der Waals surface area contributed by atoms with Crippen molar-refractivity contribution < 1.29 is 19.1 Å². The van der Waals surface area contributed by atoms with E-state index in [0.29, 0.717) is 40.3 Å². The number of benzene rings is 1. The Bertz CT molecular complexity index is 1330. The van der Waals surface area contributed by atoms with Gasteiger partial charge in [0.25, 0.3) is 5.91 Å². The molecule has 1 spiro atoms. The molecule has 1 aliphatic heterocycles. The Kier molecular flexibility index (Phi) is 9.95. The van der Waals surface area contributed by atoms with Crippen molar-refractivity contribution in [2.24, 2.45) is 21.7 Å². The van der Waals surface area contributed by atoms with E-state index < -0.39 is 5.66 Å². The maximum atomic E-state index is 14.6. The summed E-state index contributed by atoms with van der Waals surface area (Å²) in [5.74, 6) is 0.424. The van der Waals surface area contributed by atoms with Crippen LogP contribution in [-0.2, 0) is 9.53 Å². The number of carbonyl (C=O) groups is 2. The molecule has 8 heteroatoms. The van der Waals surface area contributed by atoms with Crippen LogP contribution in [0.4, 0.5) is 0 Å². The molecule has 1 fully saturated rings. The molecule has 234 valence electrons. The highest BCUT2D eigenvalue weighted by Crippen LogP contribution is 2.50. The number of amides is 1. The number of esters is 1. The first-order chi connectivity index (χ1) is 20.2. The fraction of sp³-hybridized carbons (Fsp3) is 0.600. The number of hydrogen-bond donors (Lipinski definition) is 0. The number of nitrogens with zero attached hydrogens (tertiary/aromatic N) is 3. The molecule has 43 heavy (non-hydrogen) atoms. The monoisotopic (exact) mass is 609 g/mol. The highest BCUT2D eigenvalue weighted by molar-refractivity contribution is 6.47. The predicted molar refractivity (Wildman–Crippen MR) is 172 cm³/mol. The van der Waals surface area contributed by atoms with Gasteiger partial charge in [-0.2, -0.15) is 0 Å². The van der Waals surface area contributed by atoms with Crippen molar-refractivity contribution in [1.82, 2.24) is 9.88 Å². The fourth-order valence-corrected chi connectivity index (χ4v) is 6.61. The van der Waals surface area contributed by atoms with Gasteiger partial charge in [0, 0.05) is 11.8 Å². The molecular weight excluding hydrogens is 562 g/mol. The molecule has 1 atom stereocenters. The number of methoxy groups -OCH3 is 1. The zero-order chi connectivity index (χ0) is 31.6. The van der Waals surface area contributed by atoms with Crippen LogP contribution in [-0.4, -0.2) is 46.9 Å². The Morgan fingerprint density at radius 2 is 1.77 bits per heavy atom. The van der Waals surface area contributed by atoms with E-state index in [4.69, 9.17) is 26.1 Å². The number of aromatic nitrogens is 1. The van der Waals surface area contributed by atoms with Crippen LogP contribution in [0.15, 0.2) is 41.5 Å². The van der Waals surface area contributed by atoms with Crippen LogP contribution in [0, 0.1) is 16.7 Å². The van der Waals surface area contributed by atoms with Crippen LogP contribution < -0.4 is 4.74 Å². The van der Waals surface area contributed by atoms with Gasteiger partial charge in [0.15, 0.2) is 0 Å². The Morgan fingerprint density at radius 1 is 1.12 bits per heavy atom. The number of hydrogen-bond acceptors (Lipinski definition) is 6. The van der Waals surface area contributed by atoms with Crippen LogP contribution in [0.25, 0.3) is 0 Å². The van der Waals surface area contributed by atoms with Crippen molar-refractivity contribution in [3.05, 3.63) is 58.2 Å². The minimum atomic E-state index is -0.665. The number of rotatable bonds is 9. The third kappa shape index (κ3) is 7.42. The quantitative estimate of drug-likeness (QED) is 0.266. The number of halogens is 1. The molecule has 1 amide bonds. The lowest BCUT2D eigenvalue weighted by Gasteiger charge is -2.47. The van der Waals surface area contributed by atoms with E-state index >= 15 is 0 Å². The van der Waals surface area contributed by atoms with E-state index in [0.717, 1.165) is 50.5 Å². The Labute approximate surface area is 262 Å². The van der Waals surface area contributed by atoms with E-state index in [1.807, 2.05) is 31.2 Å². The Hall–Kier alpha value is -2.93. The van der Waals surface area contributed by atoms with E-state index in [2.05, 4.69) is 51.4 Å². The van der Waals surface area contributed by atoms with Gasteiger partial charge in [0.05, 0.1) is 25.3 Å². The van der Waals surface area contributed by atoms with Crippen molar-refractivity contribution in [1.29, 1.82) is 0 Å². The van der Waals surface area contributed by atoms with Gasteiger partial charge in [-0.15, -0.1) is 0 Å². The maximum Gasteiger partial charge on any atom is 0.338 e. The first-order valence-electron chi connectivity index (χ1n) is 15.6. The lowest BCUT2D eigenvalue weighted by molar-refractivity contribution is -0.134. The fourth-order valence-electron chi connectivity index (χ4n) is 6.37. The molecule has 4 rings (SSSR count). The molecule has 7 nitrogen and oxygen atoms in total. The van der Waals surface area contributed by atoms with Gasteiger partial charge < -0.3 is 14.4 Å². The molecule has 1 aromatic heterocycles. The van der Waals surface area contributed by atoms with Crippen LogP contribution in [0.1, 0.15) is 121 Å². The van der Waals surface area contributed by atoms with Crippen molar-refractivity contribution in [2.75, 3.05) is 13.7 Å². The second kappa shape index (κ2) is 13.0. The lowest BCUT2D eigenvalue weighted by Crippen LogP contribution is -2.51. The summed E-state index contributed by atoms with van der Waals surface area (Å²) in [5.41, 5.74) is 2.08. The minimum absolute atomic E-state index is 0.0685. The number of aliphatic imine (C=N–C) groups is 1. The summed E-state index contributed by atoms with van der Waals surface area (Å²) in [4.78, 5) is 38.8.